The van der Waals surface area contributed by atoms with Crippen molar-refractivity contribution in [3.63, 3.8) is 0 Å². The van der Waals surface area contributed by atoms with E-state index in [9.17, 15) is 26.7 Å². The summed E-state index contributed by atoms with van der Waals surface area (Å²) < 4.78 is 64.7. The minimum absolute atomic E-state index is 0.0514. The highest BCUT2D eigenvalue weighted by molar-refractivity contribution is 7.92. The van der Waals surface area contributed by atoms with Crippen LogP contribution in [0.5, 0.6) is 0 Å². The molecular weight excluding hydrogens is 503 g/mol. The lowest BCUT2D eigenvalue weighted by atomic mass is 9.77. The Labute approximate surface area is 213 Å². The van der Waals surface area contributed by atoms with Crippen LogP contribution < -0.4 is 5.32 Å². The third-order valence-corrected chi connectivity index (χ3v) is 9.77. The average Bonchev–Trinajstić information content (AvgIpc) is 2.87. The largest absolute Gasteiger partial charge is 0.417 e. The van der Waals surface area contributed by atoms with E-state index in [4.69, 9.17) is 0 Å². The van der Waals surface area contributed by atoms with E-state index in [0.717, 1.165) is 29.8 Å². The Morgan fingerprint density at radius 3 is 2.19 bits per heavy atom. The fourth-order valence-corrected chi connectivity index (χ4v) is 6.83. The summed E-state index contributed by atoms with van der Waals surface area (Å²) in [5.74, 6) is 0.346. The van der Waals surface area contributed by atoms with Gasteiger partial charge in [0.2, 0.25) is 0 Å². The predicted octanol–water partition coefficient (Wildman–Crippen LogP) is 5.73. The molecule has 196 valence electrons. The zero-order chi connectivity index (χ0) is 26.3. The minimum atomic E-state index is -4.43. The van der Waals surface area contributed by atoms with Gasteiger partial charge < -0.3 is 10.4 Å². The molecule has 3 aromatic rings. The highest BCUT2D eigenvalue weighted by atomic mass is 32.2. The number of nitrogens with zero attached hydrogens (tertiary/aromatic N) is 2. The first-order valence-electron chi connectivity index (χ1n) is 12.4. The Morgan fingerprint density at radius 2 is 1.62 bits per heavy atom. The van der Waals surface area contributed by atoms with E-state index in [1.165, 1.54) is 6.07 Å². The molecule has 5 rings (SSSR count). The minimum Gasteiger partial charge on any atom is -0.384 e. The third-order valence-electron chi connectivity index (χ3n) is 7.49. The van der Waals surface area contributed by atoms with Gasteiger partial charge in [0.15, 0.2) is 9.84 Å². The molecule has 2 fully saturated rings. The highest BCUT2D eigenvalue weighted by Crippen LogP contribution is 2.41. The van der Waals surface area contributed by atoms with Gasteiger partial charge in [-0.25, -0.2) is 13.4 Å². The summed E-state index contributed by atoms with van der Waals surface area (Å²) in [6.07, 6.45) is 2.44. The van der Waals surface area contributed by atoms with Gasteiger partial charge in [-0.15, -0.1) is 0 Å². The standard InChI is InChI=1S/C27H28F3N3O3S/c28-27(29,30)20-4-11-25(32-17-20)33-21-5-9-23(10-6-21)37(35,36)22-7-2-18(3-8-22)19-12-15-31-24(16-19)26(34)13-1-14-26/h2-4,7-8,11-12,15-17,21,23,34H,1,5-6,9-10,13-14H2,(H,32,33). The third kappa shape index (κ3) is 5.36. The van der Waals surface area contributed by atoms with E-state index in [0.29, 0.717) is 50.0 Å². The van der Waals surface area contributed by atoms with Crippen LogP contribution in [-0.4, -0.2) is 34.8 Å². The molecule has 6 nitrogen and oxygen atoms in total. The molecule has 37 heavy (non-hydrogen) atoms. The van der Waals surface area contributed by atoms with Crippen LogP contribution in [0.15, 0.2) is 65.8 Å². The Morgan fingerprint density at radius 1 is 0.919 bits per heavy atom. The van der Waals surface area contributed by atoms with Crippen LogP contribution in [-0.2, 0) is 21.6 Å². The second kappa shape index (κ2) is 9.72. The summed E-state index contributed by atoms with van der Waals surface area (Å²) in [5.41, 5.74) is 0.694. The predicted molar refractivity (Wildman–Crippen MR) is 134 cm³/mol. The number of aliphatic hydroxyl groups is 1. The molecule has 0 amide bonds. The molecule has 2 N–H and O–H groups in total. The summed E-state index contributed by atoms with van der Waals surface area (Å²) in [6, 6.07) is 12.7. The first-order valence-corrected chi connectivity index (χ1v) is 13.9. The van der Waals surface area contributed by atoms with Crippen LogP contribution in [0.25, 0.3) is 11.1 Å². The van der Waals surface area contributed by atoms with Gasteiger partial charge in [0.25, 0.3) is 0 Å². The molecule has 2 saturated carbocycles. The molecule has 2 heterocycles. The molecule has 0 saturated heterocycles. The zero-order valence-corrected chi connectivity index (χ0v) is 20.9. The summed E-state index contributed by atoms with van der Waals surface area (Å²) in [7, 11) is -3.53. The number of rotatable bonds is 6. The quantitative estimate of drug-likeness (QED) is 0.422. The number of aromatic nitrogens is 2. The molecule has 10 heteroatoms. The SMILES string of the molecule is O=S(=O)(c1ccc(-c2ccnc(C3(O)CCC3)c2)cc1)C1CCC(Nc2ccc(C(F)(F)F)cn2)CC1. The molecule has 0 radical (unpaired) electrons. The van der Waals surface area contributed by atoms with Crippen LogP contribution in [0.4, 0.5) is 19.0 Å². The van der Waals surface area contributed by atoms with Gasteiger partial charge in [-0.1, -0.05) is 12.1 Å². The van der Waals surface area contributed by atoms with Crippen LogP contribution >= 0.6 is 0 Å². The lowest BCUT2D eigenvalue weighted by Crippen LogP contribution is -2.34. The Kier molecular flexibility index (Phi) is 6.74. The molecule has 0 bridgehead atoms. The van der Waals surface area contributed by atoms with E-state index in [2.05, 4.69) is 15.3 Å². The number of hydrogen-bond donors (Lipinski definition) is 2. The highest BCUT2D eigenvalue weighted by Gasteiger charge is 2.38. The van der Waals surface area contributed by atoms with Crippen molar-refractivity contribution < 1.29 is 26.7 Å². The summed E-state index contributed by atoms with van der Waals surface area (Å²) in [4.78, 5) is 8.44. The fraction of sp³-hybridized carbons (Fsp3) is 0.407. The van der Waals surface area contributed by atoms with Crippen LogP contribution in [0.3, 0.4) is 0 Å². The molecule has 0 spiro atoms. The molecule has 0 atom stereocenters. The number of hydrogen-bond acceptors (Lipinski definition) is 6. The average molecular weight is 532 g/mol. The summed E-state index contributed by atoms with van der Waals surface area (Å²) >= 11 is 0. The first kappa shape index (κ1) is 25.7. The van der Waals surface area contributed by atoms with Gasteiger partial charge in [-0.05, 0) is 92.5 Å². The molecule has 2 aliphatic carbocycles. The van der Waals surface area contributed by atoms with Gasteiger partial charge in [0.05, 0.1) is 21.4 Å². The van der Waals surface area contributed by atoms with Crippen molar-refractivity contribution >= 4 is 15.7 Å². The van der Waals surface area contributed by atoms with E-state index in [1.807, 2.05) is 12.1 Å². The summed E-state index contributed by atoms with van der Waals surface area (Å²) in [6.45, 7) is 0. The number of nitrogens with one attached hydrogen (secondary N) is 1. The van der Waals surface area contributed by atoms with Crippen molar-refractivity contribution in [1.82, 2.24) is 9.97 Å². The van der Waals surface area contributed by atoms with Crippen molar-refractivity contribution in [3.8, 4) is 11.1 Å². The molecule has 2 aromatic heterocycles. The number of pyridine rings is 2. The monoisotopic (exact) mass is 531 g/mol. The van der Waals surface area contributed by atoms with Crippen molar-refractivity contribution in [2.45, 2.75) is 72.9 Å². The maximum Gasteiger partial charge on any atom is 0.417 e. The van der Waals surface area contributed by atoms with Gasteiger partial charge in [0, 0.05) is 18.4 Å². The van der Waals surface area contributed by atoms with Crippen LogP contribution in [0.1, 0.15) is 56.2 Å². The van der Waals surface area contributed by atoms with Crippen molar-refractivity contribution in [3.05, 3.63) is 72.2 Å². The first-order chi connectivity index (χ1) is 17.5. The number of alkyl halides is 3. The number of benzene rings is 1. The molecule has 0 unspecified atom stereocenters. The number of halogens is 3. The van der Waals surface area contributed by atoms with E-state index >= 15 is 0 Å². The van der Waals surface area contributed by atoms with Gasteiger partial charge in [0.1, 0.15) is 11.4 Å². The van der Waals surface area contributed by atoms with Crippen molar-refractivity contribution in [2.24, 2.45) is 0 Å². The van der Waals surface area contributed by atoms with Gasteiger partial charge >= 0.3 is 6.18 Å². The van der Waals surface area contributed by atoms with Crippen LogP contribution in [0, 0.1) is 0 Å². The topological polar surface area (TPSA) is 92.2 Å². The van der Waals surface area contributed by atoms with E-state index in [1.54, 1.807) is 30.5 Å². The second-order valence-electron chi connectivity index (χ2n) is 9.93. The smallest absolute Gasteiger partial charge is 0.384 e. The molecule has 1 aromatic carbocycles. The maximum atomic E-state index is 13.3. The lowest BCUT2D eigenvalue weighted by molar-refractivity contribution is -0.137. The molecular formula is C27H28F3N3O3S. The second-order valence-corrected chi connectivity index (χ2v) is 12.2. The Hall–Kier alpha value is -2.98. The van der Waals surface area contributed by atoms with Crippen molar-refractivity contribution in [2.75, 3.05) is 5.32 Å². The summed E-state index contributed by atoms with van der Waals surface area (Å²) in [5, 5.41) is 13.2. The molecule has 0 aliphatic heterocycles. The van der Waals surface area contributed by atoms with Gasteiger partial charge in [-0.3, -0.25) is 4.98 Å². The molecule has 2 aliphatic rings. The zero-order valence-electron chi connectivity index (χ0n) is 20.1. The lowest BCUT2D eigenvalue weighted by Gasteiger charge is -2.36. The van der Waals surface area contributed by atoms with E-state index < -0.39 is 32.4 Å². The fourth-order valence-electron chi connectivity index (χ4n) is 5.04. The van der Waals surface area contributed by atoms with Gasteiger partial charge in [-0.2, -0.15) is 13.2 Å². The normalized spacial score (nSPS) is 21.7. The number of sulfone groups is 1. The Balaban J connectivity index is 1.21. The number of anilines is 1. The Bertz CT molecular complexity index is 1350. The van der Waals surface area contributed by atoms with Crippen molar-refractivity contribution in [1.29, 1.82) is 0 Å². The van der Waals surface area contributed by atoms with Crippen LogP contribution in [0.2, 0.25) is 0 Å². The maximum absolute atomic E-state index is 13.3. The van der Waals surface area contributed by atoms with E-state index in [-0.39, 0.29) is 10.9 Å².